The second kappa shape index (κ2) is 8.13. The molecule has 2 aliphatic heterocycles. The minimum atomic E-state index is -2.20. The third-order valence-corrected chi connectivity index (χ3v) is 5.96. The fourth-order valence-electron chi connectivity index (χ4n) is 4.42. The maximum absolute atomic E-state index is 14.6. The minimum Gasteiger partial charge on any atom is -0.452 e. The highest BCUT2D eigenvalue weighted by Crippen LogP contribution is 2.49. The fourth-order valence-corrected chi connectivity index (χ4v) is 4.42. The molecule has 1 unspecified atom stereocenters. The number of carbonyl (C=O) groups is 2. The third kappa shape index (κ3) is 3.26. The van der Waals surface area contributed by atoms with Gasteiger partial charge in [-0.1, -0.05) is 36.4 Å². The largest absolute Gasteiger partial charge is 0.452 e. The summed E-state index contributed by atoms with van der Waals surface area (Å²) in [4.78, 5) is 33.2. The Morgan fingerprint density at radius 3 is 2.17 bits per heavy atom. The predicted octanol–water partition coefficient (Wildman–Crippen LogP) is 5.55. The van der Waals surface area contributed by atoms with Crippen LogP contribution in [0.15, 0.2) is 102 Å². The Morgan fingerprint density at radius 2 is 1.44 bits per heavy atom. The molecule has 0 saturated heterocycles. The van der Waals surface area contributed by atoms with Gasteiger partial charge in [-0.15, -0.1) is 0 Å². The van der Waals surface area contributed by atoms with Gasteiger partial charge in [-0.25, -0.2) is 18.6 Å². The lowest BCUT2D eigenvalue weighted by Crippen LogP contribution is -2.61. The molecule has 0 radical (unpaired) electrons. The molecule has 4 aromatic carbocycles. The van der Waals surface area contributed by atoms with Crippen molar-refractivity contribution in [2.75, 3.05) is 4.90 Å². The second-order valence-corrected chi connectivity index (χ2v) is 8.18. The van der Waals surface area contributed by atoms with E-state index < -0.39 is 29.1 Å². The number of anilines is 1. The Balaban J connectivity index is 1.65. The number of halogens is 2. The summed E-state index contributed by atoms with van der Waals surface area (Å²) < 4.78 is 40.9. The van der Waals surface area contributed by atoms with Crippen LogP contribution < -0.4 is 14.4 Å². The molecule has 0 bridgehead atoms. The molecule has 4 aromatic rings. The number of ether oxygens (including phenoxy) is 2. The van der Waals surface area contributed by atoms with Crippen molar-refractivity contribution in [3.8, 4) is 11.5 Å². The number of benzene rings is 4. The highest BCUT2D eigenvalue weighted by atomic mass is 19.1. The van der Waals surface area contributed by atoms with Gasteiger partial charge in [0.2, 0.25) is 5.78 Å². The number of esters is 1. The van der Waals surface area contributed by atoms with Crippen LogP contribution >= 0.6 is 0 Å². The highest BCUT2D eigenvalue weighted by Gasteiger charge is 2.60. The van der Waals surface area contributed by atoms with Gasteiger partial charge in [0, 0.05) is 0 Å². The summed E-state index contributed by atoms with van der Waals surface area (Å²) in [6, 6.07) is 23.9. The molecule has 0 aliphatic carbocycles. The van der Waals surface area contributed by atoms with Crippen LogP contribution in [-0.4, -0.2) is 17.6 Å². The second-order valence-electron chi connectivity index (χ2n) is 8.18. The lowest BCUT2D eigenvalue weighted by atomic mass is 9.95. The van der Waals surface area contributed by atoms with E-state index in [0.29, 0.717) is 0 Å². The molecule has 6 rings (SSSR count). The minimum absolute atomic E-state index is 0.00410. The van der Waals surface area contributed by atoms with Crippen molar-refractivity contribution >= 4 is 29.0 Å². The van der Waals surface area contributed by atoms with Crippen LogP contribution in [0.1, 0.15) is 15.9 Å². The number of hydrogen-bond acceptors (Lipinski definition) is 6. The molecule has 0 saturated carbocycles. The van der Waals surface area contributed by atoms with Crippen LogP contribution in [0, 0.1) is 11.6 Å². The van der Waals surface area contributed by atoms with Crippen molar-refractivity contribution in [3.05, 3.63) is 120 Å². The predicted molar refractivity (Wildman–Crippen MR) is 128 cm³/mol. The van der Waals surface area contributed by atoms with E-state index in [1.165, 1.54) is 23.1 Å². The summed E-state index contributed by atoms with van der Waals surface area (Å²) in [6.45, 7) is 0. The Bertz CT molecular complexity index is 1560. The molecule has 176 valence electrons. The summed E-state index contributed by atoms with van der Waals surface area (Å²) in [5.41, 5.74) is -1.86. The first-order valence-electron chi connectivity index (χ1n) is 11.0. The third-order valence-electron chi connectivity index (χ3n) is 5.96. The Morgan fingerprint density at radius 1 is 0.806 bits per heavy atom. The molecule has 2 heterocycles. The van der Waals surface area contributed by atoms with E-state index in [4.69, 9.17) is 9.47 Å². The number of para-hydroxylation sites is 2. The first-order valence-corrected chi connectivity index (χ1v) is 11.0. The molecule has 36 heavy (non-hydrogen) atoms. The monoisotopic (exact) mass is 482 g/mol. The molecule has 6 nitrogen and oxygen atoms in total. The molecule has 0 amide bonds. The summed E-state index contributed by atoms with van der Waals surface area (Å²) in [7, 11) is 0. The Labute approximate surface area is 204 Å². The van der Waals surface area contributed by atoms with Crippen LogP contribution in [0.4, 0.5) is 20.2 Å². The van der Waals surface area contributed by atoms with Crippen LogP contribution in [0.5, 0.6) is 11.5 Å². The van der Waals surface area contributed by atoms with Gasteiger partial charge in [0.25, 0.3) is 0 Å². The van der Waals surface area contributed by atoms with E-state index >= 15 is 0 Å². The van der Waals surface area contributed by atoms with Gasteiger partial charge in [-0.3, -0.25) is 9.69 Å². The quantitative estimate of drug-likeness (QED) is 0.282. The van der Waals surface area contributed by atoms with Gasteiger partial charge in [-0.05, 0) is 60.7 Å². The van der Waals surface area contributed by atoms with E-state index in [0.717, 1.165) is 18.2 Å². The number of nitrogens with zero attached hydrogens (tertiary/aromatic N) is 2. The number of ketones is 1. The maximum Gasteiger partial charge on any atom is 0.383 e. The summed E-state index contributed by atoms with van der Waals surface area (Å²) in [5, 5.41) is 0. The molecular formula is C28H16F2N2O4. The van der Waals surface area contributed by atoms with Crippen LogP contribution in [0.25, 0.3) is 0 Å². The Hall–Kier alpha value is -4.85. The molecule has 1 atom stereocenters. The van der Waals surface area contributed by atoms with Gasteiger partial charge in [0.1, 0.15) is 23.1 Å². The lowest BCUT2D eigenvalue weighted by molar-refractivity contribution is -0.152. The number of Topliss-reactive ketones (excluding diaryl/α,β-unsaturated/α-hetero) is 1. The van der Waals surface area contributed by atoms with Gasteiger partial charge >= 0.3 is 11.7 Å². The smallest absolute Gasteiger partial charge is 0.383 e. The van der Waals surface area contributed by atoms with Gasteiger partial charge < -0.3 is 9.47 Å². The molecule has 8 heteroatoms. The van der Waals surface area contributed by atoms with Crippen molar-refractivity contribution in [3.63, 3.8) is 0 Å². The number of hydrogen-bond donors (Lipinski definition) is 0. The first kappa shape index (κ1) is 21.7. The fraction of sp³-hybridized carbons (Fsp3) is 0.0357. The lowest BCUT2D eigenvalue weighted by Gasteiger charge is -2.43. The van der Waals surface area contributed by atoms with E-state index in [9.17, 15) is 18.4 Å². The number of aliphatic imine (C=N–C) groups is 1. The zero-order valence-electron chi connectivity index (χ0n) is 18.5. The topological polar surface area (TPSA) is 68.2 Å². The molecular weight excluding hydrogens is 466 g/mol. The molecule has 0 N–H and O–H groups in total. The average molecular weight is 482 g/mol. The standard InChI is InChI=1S/C28H16F2N2O4/c29-17-12-14-24-21(15-17)25(33)26-31-23-13-11-18(30)16-22(23)28(32(24)26,36-20-9-5-2-6-10-20)27(34)35-19-7-3-1-4-8-19/h1-16H. The average Bonchev–Trinajstić information content (AvgIpc) is 3.16. The number of fused-ring (bicyclic) bond motifs is 4. The van der Waals surface area contributed by atoms with Crippen molar-refractivity contribution in [2.24, 2.45) is 4.99 Å². The van der Waals surface area contributed by atoms with Gasteiger partial charge in [-0.2, -0.15) is 0 Å². The van der Waals surface area contributed by atoms with E-state index in [1.807, 2.05) is 0 Å². The van der Waals surface area contributed by atoms with Crippen molar-refractivity contribution in [1.29, 1.82) is 0 Å². The van der Waals surface area contributed by atoms with Crippen LogP contribution in [0.3, 0.4) is 0 Å². The van der Waals surface area contributed by atoms with Crippen molar-refractivity contribution in [2.45, 2.75) is 5.72 Å². The number of rotatable bonds is 4. The van der Waals surface area contributed by atoms with Gasteiger partial charge in [0.15, 0.2) is 5.84 Å². The SMILES string of the molecule is O=C1C2=Nc3ccc(F)cc3C(Oc3ccccc3)(C(=O)Oc3ccccc3)N2c2ccc(F)cc21. The summed E-state index contributed by atoms with van der Waals surface area (Å²) in [6.07, 6.45) is 0. The highest BCUT2D eigenvalue weighted by molar-refractivity contribution is 6.55. The normalized spacial score (nSPS) is 17.6. The van der Waals surface area contributed by atoms with E-state index in [-0.39, 0.29) is 39.8 Å². The molecule has 2 aliphatic rings. The van der Waals surface area contributed by atoms with Gasteiger partial charge in [0.05, 0.1) is 22.5 Å². The van der Waals surface area contributed by atoms with Crippen molar-refractivity contribution < 1.29 is 27.8 Å². The molecule has 0 spiro atoms. The zero-order chi connectivity index (χ0) is 24.9. The number of carbonyl (C=O) groups excluding carboxylic acids is 2. The molecule has 0 fully saturated rings. The van der Waals surface area contributed by atoms with Crippen LogP contribution in [0.2, 0.25) is 0 Å². The van der Waals surface area contributed by atoms with E-state index in [1.54, 1.807) is 60.7 Å². The van der Waals surface area contributed by atoms with Crippen LogP contribution in [-0.2, 0) is 10.5 Å². The zero-order valence-corrected chi connectivity index (χ0v) is 18.5. The molecule has 0 aromatic heterocycles. The van der Waals surface area contributed by atoms with E-state index in [2.05, 4.69) is 4.99 Å². The maximum atomic E-state index is 14.6. The first-order chi connectivity index (χ1) is 17.5. The summed E-state index contributed by atoms with van der Waals surface area (Å²) >= 11 is 0. The van der Waals surface area contributed by atoms with Crippen molar-refractivity contribution in [1.82, 2.24) is 0 Å². The Kier molecular flexibility index (Phi) is 4.89. The number of amidine groups is 1. The summed E-state index contributed by atoms with van der Waals surface area (Å²) in [5.74, 6) is -2.53.